The van der Waals surface area contributed by atoms with Crippen molar-refractivity contribution in [3.8, 4) is 0 Å². The van der Waals surface area contributed by atoms with Crippen molar-refractivity contribution in [2.24, 2.45) is 7.05 Å². The van der Waals surface area contributed by atoms with Gasteiger partial charge in [-0.05, 0) is 19.9 Å². The highest BCUT2D eigenvalue weighted by Crippen LogP contribution is 2.27. The maximum absolute atomic E-state index is 12.1. The van der Waals surface area contributed by atoms with E-state index in [4.69, 9.17) is 4.74 Å². The predicted octanol–water partition coefficient (Wildman–Crippen LogP) is 2.28. The molecular weight excluding hydrogens is 286 g/mol. The Morgan fingerprint density at radius 2 is 2.05 bits per heavy atom. The summed E-state index contributed by atoms with van der Waals surface area (Å²) in [5, 5.41) is 14.9. The van der Waals surface area contributed by atoms with Gasteiger partial charge in [0.15, 0.2) is 0 Å². The number of non-ortho nitro benzene ring substituents is 1. The van der Waals surface area contributed by atoms with Gasteiger partial charge in [-0.15, -0.1) is 0 Å². The zero-order valence-electron chi connectivity index (χ0n) is 13.0. The molecule has 22 heavy (non-hydrogen) atoms. The summed E-state index contributed by atoms with van der Waals surface area (Å²) < 4.78 is 6.62. The van der Waals surface area contributed by atoms with E-state index in [1.165, 1.54) is 22.8 Å². The summed E-state index contributed by atoms with van der Waals surface area (Å²) in [5.74, 6) is 0. The number of ether oxygens (including phenoxy) is 1. The lowest BCUT2D eigenvalue weighted by Crippen LogP contribution is -2.36. The highest BCUT2D eigenvalue weighted by Gasteiger charge is 2.20. The van der Waals surface area contributed by atoms with Crippen molar-refractivity contribution < 1.29 is 9.66 Å². The predicted molar refractivity (Wildman–Crippen MR) is 85.4 cm³/mol. The number of anilines is 1. The lowest BCUT2D eigenvalue weighted by Gasteiger charge is -2.27. The number of methoxy groups -OCH3 is 1. The van der Waals surface area contributed by atoms with Crippen LogP contribution in [-0.4, -0.2) is 28.7 Å². The Morgan fingerprint density at radius 1 is 1.36 bits per heavy atom. The fourth-order valence-corrected chi connectivity index (χ4v) is 2.43. The molecule has 0 aliphatic rings. The number of nitro benzene ring substituents is 1. The first kappa shape index (κ1) is 16.0. The lowest BCUT2D eigenvalue weighted by molar-refractivity contribution is -0.384. The average Bonchev–Trinajstić information content (AvgIpc) is 2.43. The molecule has 0 aliphatic carbocycles. The van der Waals surface area contributed by atoms with E-state index < -0.39 is 10.5 Å². The minimum absolute atomic E-state index is 0.0150. The summed E-state index contributed by atoms with van der Waals surface area (Å²) in [6, 6.07) is 5.90. The molecule has 7 heteroatoms. The largest absolute Gasteiger partial charge is 0.382 e. The van der Waals surface area contributed by atoms with Gasteiger partial charge in [-0.3, -0.25) is 14.9 Å². The molecule has 2 aromatic rings. The van der Waals surface area contributed by atoms with Crippen LogP contribution in [0.2, 0.25) is 0 Å². The van der Waals surface area contributed by atoms with Crippen molar-refractivity contribution >= 4 is 22.3 Å². The van der Waals surface area contributed by atoms with E-state index in [2.05, 4.69) is 5.32 Å². The highest BCUT2D eigenvalue weighted by atomic mass is 16.6. The van der Waals surface area contributed by atoms with Crippen LogP contribution in [0.4, 0.5) is 11.4 Å². The standard InChI is InChI=1S/C15H19N3O4/c1-15(2,9-22-4)16-12-8-14(19)17(3)13-6-5-10(18(20)21)7-11(12)13/h5-8,16H,9H2,1-4H3. The zero-order valence-corrected chi connectivity index (χ0v) is 13.0. The second kappa shape index (κ2) is 5.76. The Labute approximate surface area is 127 Å². The Hall–Kier alpha value is -2.41. The van der Waals surface area contributed by atoms with Gasteiger partial charge in [0, 0.05) is 43.4 Å². The van der Waals surface area contributed by atoms with Crippen LogP contribution in [0.1, 0.15) is 13.8 Å². The molecule has 0 fully saturated rings. The van der Waals surface area contributed by atoms with Gasteiger partial charge in [0.05, 0.1) is 22.6 Å². The van der Waals surface area contributed by atoms with Crippen molar-refractivity contribution in [2.45, 2.75) is 19.4 Å². The maximum atomic E-state index is 12.1. The Balaban J connectivity index is 2.66. The lowest BCUT2D eigenvalue weighted by atomic mass is 10.0. The van der Waals surface area contributed by atoms with Crippen molar-refractivity contribution in [2.75, 3.05) is 19.0 Å². The summed E-state index contributed by atoms with van der Waals surface area (Å²) in [5.41, 5.74) is 0.576. The molecule has 0 saturated heterocycles. The molecule has 118 valence electrons. The van der Waals surface area contributed by atoms with Gasteiger partial charge in [0.25, 0.3) is 11.2 Å². The number of nitrogens with zero attached hydrogens (tertiary/aromatic N) is 2. The number of hydrogen-bond donors (Lipinski definition) is 1. The van der Waals surface area contributed by atoms with E-state index in [1.54, 1.807) is 20.2 Å². The van der Waals surface area contributed by atoms with Gasteiger partial charge in [-0.25, -0.2) is 0 Å². The number of rotatable bonds is 5. The first-order valence-electron chi connectivity index (χ1n) is 6.80. The van der Waals surface area contributed by atoms with Gasteiger partial charge < -0.3 is 14.6 Å². The third kappa shape index (κ3) is 3.09. The number of nitro groups is 1. The Morgan fingerprint density at radius 3 is 2.64 bits per heavy atom. The number of nitrogens with one attached hydrogen (secondary N) is 1. The van der Waals surface area contributed by atoms with E-state index in [-0.39, 0.29) is 11.2 Å². The van der Waals surface area contributed by atoms with Gasteiger partial charge in [-0.2, -0.15) is 0 Å². The van der Waals surface area contributed by atoms with Crippen LogP contribution in [-0.2, 0) is 11.8 Å². The van der Waals surface area contributed by atoms with Gasteiger partial charge >= 0.3 is 0 Å². The molecular formula is C15H19N3O4. The van der Waals surface area contributed by atoms with Crippen molar-refractivity contribution in [3.63, 3.8) is 0 Å². The van der Waals surface area contributed by atoms with Crippen LogP contribution in [0.3, 0.4) is 0 Å². The number of aromatic nitrogens is 1. The van der Waals surface area contributed by atoms with Crippen LogP contribution in [0.25, 0.3) is 10.9 Å². The molecule has 1 N–H and O–H groups in total. The maximum Gasteiger partial charge on any atom is 0.270 e. The van der Waals surface area contributed by atoms with E-state index in [0.717, 1.165) is 0 Å². The van der Waals surface area contributed by atoms with Crippen LogP contribution in [0.15, 0.2) is 29.1 Å². The highest BCUT2D eigenvalue weighted by molar-refractivity contribution is 5.93. The van der Waals surface area contributed by atoms with E-state index >= 15 is 0 Å². The average molecular weight is 305 g/mol. The smallest absolute Gasteiger partial charge is 0.270 e. The molecule has 2 rings (SSSR count). The number of pyridine rings is 1. The molecule has 1 aromatic heterocycles. The molecule has 1 aromatic carbocycles. The molecule has 0 radical (unpaired) electrons. The van der Waals surface area contributed by atoms with Crippen molar-refractivity contribution in [1.82, 2.24) is 4.57 Å². The van der Waals surface area contributed by atoms with E-state index in [0.29, 0.717) is 23.2 Å². The minimum atomic E-state index is -0.450. The second-order valence-electron chi connectivity index (χ2n) is 5.86. The quantitative estimate of drug-likeness (QED) is 0.676. The number of hydrogen-bond acceptors (Lipinski definition) is 5. The van der Waals surface area contributed by atoms with Crippen molar-refractivity contribution in [3.05, 3.63) is 44.7 Å². The SMILES string of the molecule is COCC(C)(C)Nc1cc(=O)n(C)c2ccc([N+](=O)[O-])cc12. The topological polar surface area (TPSA) is 86.4 Å². The van der Waals surface area contributed by atoms with Crippen LogP contribution < -0.4 is 10.9 Å². The third-order valence-electron chi connectivity index (χ3n) is 3.42. The number of fused-ring (bicyclic) bond motifs is 1. The normalized spacial score (nSPS) is 11.6. The number of aryl methyl sites for hydroxylation is 1. The third-order valence-corrected chi connectivity index (χ3v) is 3.42. The van der Waals surface area contributed by atoms with Crippen molar-refractivity contribution in [1.29, 1.82) is 0 Å². The molecule has 0 amide bonds. The fourth-order valence-electron chi connectivity index (χ4n) is 2.43. The van der Waals surface area contributed by atoms with Gasteiger partial charge in [0.2, 0.25) is 0 Å². The van der Waals surface area contributed by atoms with E-state index in [1.807, 2.05) is 13.8 Å². The molecule has 1 heterocycles. The van der Waals surface area contributed by atoms with E-state index in [9.17, 15) is 14.9 Å². The molecule has 0 saturated carbocycles. The monoisotopic (exact) mass is 305 g/mol. The summed E-state index contributed by atoms with van der Waals surface area (Å²) >= 11 is 0. The van der Waals surface area contributed by atoms with Crippen LogP contribution in [0, 0.1) is 10.1 Å². The molecule has 0 bridgehead atoms. The minimum Gasteiger partial charge on any atom is -0.382 e. The van der Waals surface area contributed by atoms with Gasteiger partial charge in [-0.1, -0.05) is 0 Å². The first-order valence-corrected chi connectivity index (χ1v) is 6.80. The fraction of sp³-hybridized carbons (Fsp3) is 0.400. The Kier molecular flexibility index (Phi) is 4.18. The number of benzene rings is 1. The van der Waals surface area contributed by atoms with Crippen LogP contribution >= 0.6 is 0 Å². The summed E-state index contributed by atoms with van der Waals surface area (Å²) in [4.78, 5) is 22.6. The second-order valence-corrected chi connectivity index (χ2v) is 5.86. The first-order chi connectivity index (χ1) is 10.2. The summed E-state index contributed by atoms with van der Waals surface area (Å²) in [6.07, 6.45) is 0. The summed E-state index contributed by atoms with van der Waals surface area (Å²) in [7, 11) is 3.23. The molecule has 0 spiro atoms. The molecule has 7 nitrogen and oxygen atoms in total. The Bertz CT molecular complexity index is 780. The van der Waals surface area contributed by atoms with Gasteiger partial charge in [0.1, 0.15) is 0 Å². The molecule has 0 atom stereocenters. The van der Waals surface area contributed by atoms with Crippen LogP contribution in [0.5, 0.6) is 0 Å². The molecule has 0 aliphatic heterocycles. The zero-order chi connectivity index (χ0) is 16.5. The molecule has 0 unspecified atom stereocenters. The summed E-state index contributed by atoms with van der Waals surface area (Å²) in [6.45, 7) is 4.28.